The van der Waals surface area contributed by atoms with Gasteiger partial charge in [-0.1, -0.05) is 72.8 Å². The Morgan fingerprint density at radius 2 is 1.57 bits per heavy atom. The molecule has 1 atom stereocenters. The molecule has 0 radical (unpaired) electrons. The maximum absolute atomic E-state index is 13.0. The number of allylic oxidation sites excluding steroid dienone is 1. The highest BCUT2D eigenvalue weighted by atomic mass is 32.2. The lowest BCUT2D eigenvalue weighted by Gasteiger charge is -2.15. The zero-order valence-corrected chi connectivity index (χ0v) is 17.5. The predicted molar refractivity (Wildman–Crippen MR) is 119 cm³/mol. The SMILES string of the molecule is C=CC(c1ccccc1)c1cccc(S(=O)(=O)Cc2cccc(CSC)c2)c1. The lowest BCUT2D eigenvalue weighted by molar-refractivity contribution is 0.595. The van der Waals surface area contributed by atoms with Crippen LogP contribution in [0.2, 0.25) is 0 Å². The van der Waals surface area contributed by atoms with Gasteiger partial charge in [0.1, 0.15) is 0 Å². The second kappa shape index (κ2) is 9.26. The molecule has 0 fully saturated rings. The number of benzene rings is 3. The van der Waals surface area contributed by atoms with Gasteiger partial charge in [-0.3, -0.25) is 0 Å². The molecule has 0 heterocycles. The molecule has 0 saturated heterocycles. The zero-order chi connectivity index (χ0) is 20.0. The van der Waals surface area contributed by atoms with E-state index in [-0.39, 0.29) is 11.7 Å². The first-order chi connectivity index (χ1) is 13.5. The van der Waals surface area contributed by atoms with Crippen LogP contribution in [0.25, 0.3) is 0 Å². The molecule has 0 aliphatic rings. The first-order valence-electron chi connectivity index (χ1n) is 9.10. The van der Waals surface area contributed by atoms with Crippen molar-refractivity contribution >= 4 is 21.6 Å². The maximum atomic E-state index is 13.0. The van der Waals surface area contributed by atoms with E-state index >= 15 is 0 Å². The fraction of sp³-hybridized carbons (Fsp3) is 0.167. The van der Waals surface area contributed by atoms with Crippen molar-refractivity contribution in [2.45, 2.75) is 22.3 Å². The van der Waals surface area contributed by atoms with Crippen molar-refractivity contribution in [3.63, 3.8) is 0 Å². The van der Waals surface area contributed by atoms with Crippen LogP contribution >= 0.6 is 11.8 Å². The molecule has 0 spiro atoms. The first kappa shape index (κ1) is 20.4. The molecule has 0 N–H and O–H groups in total. The van der Waals surface area contributed by atoms with Gasteiger partial charge in [-0.2, -0.15) is 11.8 Å². The van der Waals surface area contributed by atoms with Crippen LogP contribution in [-0.2, 0) is 21.3 Å². The molecule has 3 aromatic rings. The molecular formula is C24H24O2S2. The van der Waals surface area contributed by atoms with Crippen molar-refractivity contribution in [1.29, 1.82) is 0 Å². The summed E-state index contributed by atoms with van der Waals surface area (Å²) in [4.78, 5) is 0.350. The molecule has 28 heavy (non-hydrogen) atoms. The Labute approximate surface area is 172 Å². The first-order valence-corrected chi connectivity index (χ1v) is 12.1. The van der Waals surface area contributed by atoms with Gasteiger partial charge in [0, 0.05) is 11.7 Å². The molecule has 0 aliphatic heterocycles. The molecule has 0 aliphatic carbocycles. The number of sulfone groups is 1. The van der Waals surface area contributed by atoms with E-state index in [9.17, 15) is 8.42 Å². The quantitative estimate of drug-likeness (QED) is 0.439. The average molecular weight is 409 g/mol. The summed E-state index contributed by atoms with van der Waals surface area (Å²) in [6, 6.07) is 25.0. The van der Waals surface area contributed by atoms with Crippen LogP contribution < -0.4 is 0 Å². The summed E-state index contributed by atoms with van der Waals surface area (Å²) in [5.41, 5.74) is 3.99. The minimum atomic E-state index is -3.43. The summed E-state index contributed by atoms with van der Waals surface area (Å²) in [5, 5.41) is 0. The predicted octanol–water partition coefficient (Wildman–Crippen LogP) is 5.84. The second-order valence-corrected chi connectivity index (χ2v) is 9.56. The third-order valence-corrected chi connectivity index (χ3v) is 6.94. The van der Waals surface area contributed by atoms with Gasteiger partial charge in [0.25, 0.3) is 0 Å². The van der Waals surface area contributed by atoms with Gasteiger partial charge in [0.2, 0.25) is 0 Å². The normalized spacial score (nSPS) is 12.5. The van der Waals surface area contributed by atoms with Gasteiger partial charge in [-0.25, -0.2) is 8.42 Å². The molecule has 3 rings (SSSR count). The Bertz CT molecular complexity index is 1040. The van der Waals surface area contributed by atoms with Crippen LogP contribution in [0.4, 0.5) is 0 Å². The minimum Gasteiger partial charge on any atom is -0.223 e. The zero-order valence-electron chi connectivity index (χ0n) is 15.9. The highest BCUT2D eigenvalue weighted by Gasteiger charge is 2.18. The molecule has 144 valence electrons. The van der Waals surface area contributed by atoms with E-state index < -0.39 is 9.84 Å². The van der Waals surface area contributed by atoms with Crippen LogP contribution in [0, 0.1) is 0 Å². The van der Waals surface area contributed by atoms with Crippen LogP contribution in [0.15, 0.2) is 96.4 Å². The van der Waals surface area contributed by atoms with E-state index in [4.69, 9.17) is 0 Å². The molecule has 3 aromatic carbocycles. The molecule has 0 bridgehead atoms. The third-order valence-electron chi connectivity index (χ3n) is 4.63. The maximum Gasteiger partial charge on any atom is 0.182 e. The molecular weight excluding hydrogens is 384 g/mol. The molecule has 2 nitrogen and oxygen atoms in total. The van der Waals surface area contributed by atoms with E-state index in [0.717, 1.165) is 28.0 Å². The Balaban J connectivity index is 1.90. The summed E-state index contributed by atoms with van der Waals surface area (Å²) in [6.45, 7) is 3.95. The number of hydrogen-bond donors (Lipinski definition) is 0. The van der Waals surface area contributed by atoms with Gasteiger partial charge in [-0.05, 0) is 40.6 Å². The highest BCUT2D eigenvalue weighted by Crippen LogP contribution is 2.28. The van der Waals surface area contributed by atoms with Gasteiger partial charge in [0.05, 0.1) is 10.6 Å². The van der Waals surface area contributed by atoms with E-state index in [2.05, 4.69) is 6.58 Å². The lowest BCUT2D eigenvalue weighted by Crippen LogP contribution is -2.07. The van der Waals surface area contributed by atoms with Crippen LogP contribution in [0.5, 0.6) is 0 Å². The van der Waals surface area contributed by atoms with E-state index in [1.165, 1.54) is 0 Å². The molecule has 0 saturated carbocycles. The van der Waals surface area contributed by atoms with E-state index in [1.807, 2.05) is 79.1 Å². The summed E-state index contributed by atoms with van der Waals surface area (Å²) in [7, 11) is -3.43. The lowest BCUT2D eigenvalue weighted by atomic mass is 9.92. The molecule has 0 amide bonds. The Hall–Kier alpha value is -2.30. The van der Waals surface area contributed by atoms with Crippen LogP contribution in [0.3, 0.4) is 0 Å². The molecule has 0 aromatic heterocycles. The number of rotatable bonds is 8. The van der Waals surface area contributed by atoms with Crippen molar-refractivity contribution in [3.8, 4) is 0 Å². The fourth-order valence-corrected chi connectivity index (χ4v) is 5.20. The summed E-state index contributed by atoms with van der Waals surface area (Å²) in [6.07, 6.45) is 3.89. The van der Waals surface area contributed by atoms with Gasteiger partial charge in [-0.15, -0.1) is 6.58 Å². The molecule has 1 unspecified atom stereocenters. The van der Waals surface area contributed by atoms with Crippen LogP contribution in [0.1, 0.15) is 28.2 Å². The van der Waals surface area contributed by atoms with Crippen LogP contribution in [-0.4, -0.2) is 14.7 Å². The summed E-state index contributed by atoms with van der Waals surface area (Å²) in [5.74, 6) is 0.839. The van der Waals surface area contributed by atoms with Crippen molar-refractivity contribution in [1.82, 2.24) is 0 Å². The largest absolute Gasteiger partial charge is 0.223 e. The van der Waals surface area contributed by atoms with Gasteiger partial charge < -0.3 is 0 Å². The summed E-state index contributed by atoms with van der Waals surface area (Å²) < 4.78 is 26.1. The fourth-order valence-electron chi connectivity index (χ4n) is 3.31. The number of hydrogen-bond acceptors (Lipinski definition) is 3. The van der Waals surface area contributed by atoms with Gasteiger partial charge in [0.15, 0.2) is 9.84 Å². The van der Waals surface area contributed by atoms with Crippen molar-refractivity contribution in [2.75, 3.05) is 6.26 Å². The Morgan fingerprint density at radius 1 is 0.893 bits per heavy atom. The average Bonchev–Trinajstić information content (AvgIpc) is 2.70. The van der Waals surface area contributed by atoms with Crippen molar-refractivity contribution in [2.24, 2.45) is 0 Å². The highest BCUT2D eigenvalue weighted by molar-refractivity contribution is 7.97. The Morgan fingerprint density at radius 3 is 2.29 bits per heavy atom. The van der Waals surface area contributed by atoms with Crippen molar-refractivity contribution in [3.05, 3.63) is 114 Å². The standard InChI is InChI=1S/C24H24O2S2/c1-3-24(21-11-5-4-6-12-21)22-13-8-14-23(16-22)28(25,26)18-20-10-7-9-19(15-20)17-27-2/h3-16,24H,1,17-18H2,2H3. The van der Waals surface area contributed by atoms with E-state index in [0.29, 0.717) is 4.90 Å². The van der Waals surface area contributed by atoms with Crippen molar-refractivity contribution < 1.29 is 8.42 Å². The topological polar surface area (TPSA) is 34.1 Å². The third kappa shape index (κ3) is 4.94. The van der Waals surface area contributed by atoms with E-state index in [1.54, 1.807) is 23.9 Å². The Kier molecular flexibility index (Phi) is 6.76. The second-order valence-electron chi connectivity index (χ2n) is 6.71. The monoisotopic (exact) mass is 408 g/mol. The number of thioether (sulfide) groups is 1. The molecule has 4 heteroatoms. The summed E-state index contributed by atoms with van der Waals surface area (Å²) >= 11 is 1.72. The minimum absolute atomic E-state index is 0.00275. The smallest absolute Gasteiger partial charge is 0.182 e. The van der Waals surface area contributed by atoms with Gasteiger partial charge >= 0.3 is 0 Å².